The van der Waals surface area contributed by atoms with E-state index in [-0.39, 0.29) is 0 Å². The topological polar surface area (TPSA) is 6.48 Å². The summed E-state index contributed by atoms with van der Waals surface area (Å²) >= 11 is 0. The van der Waals surface area contributed by atoms with Gasteiger partial charge in [0.2, 0.25) is 0 Å². The molecule has 0 aromatic heterocycles. The molecule has 2 heteroatoms. The van der Waals surface area contributed by atoms with Gasteiger partial charge in [-0.25, -0.2) is 0 Å². The maximum absolute atomic E-state index is 4.16. The second-order valence-corrected chi connectivity index (χ2v) is 4.29. The zero-order valence-corrected chi connectivity index (χ0v) is 10.4. The molecule has 15 heavy (non-hydrogen) atoms. The van der Waals surface area contributed by atoms with Gasteiger partial charge in [0.15, 0.2) is 0 Å². The van der Waals surface area contributed by atoms with Crippen molar-refractivity contribution in [2.45, 2.75) is 20.8 Å². The zero-order chi connectivity index (χ0) is 11.4. The van der Waals surface area contributed by atoms with Crippen LogP contribution in [0.1, 0.15) is 20.8 Å². The molecule has 0 atom stereocenters. The van der Waals surface area contributed by atoms with E-state index in [1.165, 1.54) is 11.1 Å². The average Bonchev–Trinajstić information content (AvgIpc) is 2.63. The normalized spacial score (nSPS) is 19.9. The Morgan fingerprint density at radius 3 is 2.40 bits per heavy atom. The minimum absolute atomic E-state index is 0.999. The van der Waals surface area contributed by atoms with Gasteiger partial charge in [-0.2, -0.15) is 0 Å². The van der Waals surface area contributed by atoms with E-state index in [0.717, 1.165) is 25.5 Å². The summed E-state index contributed by atoms with van der Waals surface area (Å²) in [6, 6.07) is 0. The average molecular weight is 206 g/mol. The lowest BCUT2D eigenvalue weighted by Gasteiger charge is -2.21. The maximum Gasteiger partial charge on any atom is 0.0705 e. The van der Waals surface area contributed by atoms with Gasteiger partial charge in [0.05, 0.1) is 6.67 Å². The van der Waals surface area contributed by atoms with E-state index in [1.54, 1.807) is 0 Å². The summed E-state index contributed by atoms with van der Waals surface area (Å²) in [4.78, 5) is 4.63. The van der Waals surface area contributed by atoms with Gasteiger partial charge in [0.1, 0.15) is 0 Å². The van der Waals surface area contributed by atoms with Crippen molar-refractivity contribution in [1.82, 2.24) is 9.80 Å². The van der Waals surface area contributed by atoms with E-state index >= 15 is 0 Å². The van der Waals surface area contributed by atoms with Crippen LogP contribution in [0, 0.1) is 0 Å². The van der Waals surface area contributed by atoms with Gasteiger partial charge < -0.3 is 4.90 Å². The molecule has 1 rings (SSSR count). The van der Waals surface area contributed by atoms with Crippen LogP contribution in [-0.4, -0.2) is 36.6 Å². The van der Waals surface area contributed by atoms with Crippen LogP contribution in [0.3, 0.4) is 0 Å². The molecule has 84 valence electrons. The van der Waals surface area contributed by atoms with Gasteiger partial charge in [-0.3, -0.25) is 4.90 Å². The van der Waals surface area contributed by atoms with Crippen molar-refractivity contribution >= 4 is 0 Å². The summed E-state index contributed by atoms with van der Waals surface area (Å²) in [6.07, 6.45) is 4.31. The monoisotopic (exact) mass is 206 g/mol. The Morgan fingerprint density at radius 2 is 1.93 bits per heavy atom. The fourth-order valence-electron chi connectivity index (χ4n) is 1.70. The minimum Gasteiger partial charge on any atom is -0.358 e. The zero-order valence-electron chi connectivity index (χ0n) is 10.4. The molecular formula is C13H22N2. The van der Waals surface area contributed by atoms with E-state index in [0.29, 0.717) is 0 Å². The Morgan fingerprint density at radius 1 is 1.27 bits per heavy atom. The number of allylic oxidation sites excluding steroid dienone is 4. The van der Waals surface area contributed by atoms with Crippen LogP contribution in [0.2, 0.25) is 0 Å². The molecule has 0 N–H and O–H groups in total. The Kier molecular flexibility index (Phi) is 4.15. The summed E-state index contributed by atoms with van der Waals surface area (Å²) in [7, 11) is 2.14. The number of likely N-dealkylation sites (N-methyl/N-ethyl adjacent to an activating group) is 1. The van der Waals surface area contributed by atoms with E-state index < -0.39 is 0 Å². The first kappa shape index (κ1) is 12.1. The van der Waals surface area contributed by atoms with Crippen LogP contribution in [0.5, 0.6) is 0 Å². The predicted molar refractivity (Wildman–Crippen MR) is 66.5 cm³/mol. The lowest BCUT2D eigenvalue weighted by molar-refractivity contribution is 0.327. The highest BCUT2D eigenvalue weighted by Crippen LogP contribution is 2.17. The van der Waals surface area contributed by atoms with Gasteiger partial charge >= 0.3 is 0 Å². The maximum atomic E-state index is 4.16. The standard InChI is InChI=1S/C13H22N2/c1-6-11(2)9-12(3)13(4)15-8-7-14(5)10-15/h6,9H,4,7-8,10H2,1-3,5H3/b11-6-,12-9-. The second-order valence-electron chi connectivity index (χ2n) is 4.29. The number of hydrogen-bond donors (Lipinski definition) is 0. The molecule has 2 nitrogen and oxygen atoms in total. The van der Waals surface area contributed by atoms with Crippen LogP contribution in [0.15, 0.2) is 35.6 Å². The largest absolute Gasteiger partial charge is 0.358 e. The Bertz CT molecular complexity index is 300. The summed E-state index contributed by atoms with van der Waals surface area (Å²) < 4.78 is 0. The molecule has 0 aromatic rings. The smallest absolute Gasteiger partial charge is 0.0705 e. The molecule has 0 saturated carbocycles. The highest BCUT2D eigenvalue weighted by molar-refractivity contribution is 5.32. The lowest BCUT2D eigenvalue weighted by atomic mass is 10.1. The van der Waals surface area contributed by atoms with Crippen molar-refractivity contribution in [2.75, 3.05) is 26.8 Å². The van der Waals surface area contributed by atoms with Crippen molar-refractivity contribution in [3.63, 3.8) is 0 Å². The number of rotatable bonds is 3. The van der Waals surface area contributed by atoms with Crippen molar-refractivity contribution in [1.29, 1.82) is 0 Å². The van der Waals surface area contributed by atoms with E-state index in [9.17, 15) is 0 Å². The molecule has 1 aliphatic rings. The molecule has 1 fully saturated rings. The highest BCUT2D eigenvalue weighted by Gasteiger charge is 2.17. The molecule has 0 bridgehead atoms. The molecule has 0 spiro atoms. The summed E-state index contributed by atoms with van der Waals surface area (Å²) in [5.41, 5.74) is 3.71. The molecule has 0 radical (unpaired) electrons. The van der Waals surface area contributed by atoms with Crippen molar-refractivity contribution in [3.05, 3.63) is 35.6 Å². The summed E-state index contributed by atoms with van der Waals surface area (Å²) in [5, 5.41) is 0. The van der Waals surface area contributed by atoms with Crippen LogP contribution in [0.4, 0.5) is 0 Å². The first-order valence-corrected chi connectivity index (χ1v) is 5.48. The highest BCUT2D eigenvalue weighted by atomic mass is 15.4. The molecule has 0 aliphatic carbocycles. The van der Waals surface area contributed by atoms with Crippen molar-refractivity contribution in [3.8, 4) is 0 Å². The van der Waals surface area contributed by atoms with Gasteiger partial charge in [0, 0.05) is 18.8 Å². The second kappa shape index (κ2) is 5.17. The quantitative estimate of drug-likeness (QED) is 0.655. The first-order chi connectivity index (χ1) is 7.04. The fraction of sp³-hybridized carbons (Fsp3) is 0.538. The van der Waals surface area contributed by atoms with Crippen LogP contribution in [0.25, 0.3) is 0 Å². The van der Waals surface area contributed by atoms with E-state index in [2.05, 4.69) is 56.3 Å². The first-order valence-electron chi connectivity index (χ1n) is 5.48. The lowest BCUT2D eigenvalue weighted by Crippen LogP contribution is -2.22. The number of hydrogen-bond acceptors (Lipinski definition) is 2. The third-order valence-electron chi connectivity index (χ3n) is 2.90. The van der Waals surface area contributed by atoms with Gasteiger partial charge in [-0.1, -0.05) is 24.3 Å². The summed E-state index contributed by atoms with van der Waals surface area (Å²) in [5.74, 6) is 0. The molecule has 1 heterocycles. The van der Waals surface area contributed by atoms with Crippen molar-refractivity contribution in [2.24, 2.45) is 0 Å². The van der Waals surface area contributed by atoms with Crippen LogP contribution < -0.4 is 0 Å². The molecular weight excluding hydrogens is 184 g/mol. The van der Waals surface area contributed by atoms with E-state index in [1.807, 2.05) is 0 Å². The van der Waals surface area contributed by atoms with Gasteiger partial charge in [-0.15, -0.1) is 0 Å². The molecule has 0 unspecified atom stereocenters. The predicted octanol–water partition coefficient (Wildman–Crippen LogP) is 2.62. The molecule has 1 saturated heterocycles. The molecule has 0 aromatic carbocycles. The fourth-order valence-corrected chi connectivity index (χ4v) is 1.70. The molecule has 0 amide bonds. The van der Waals surface area contributed by atoms with Crippen LogP contribution >= 0.6 is 0 Å². The molecule has 1 aliphatic heterocycles. The Balaban J connectivity index is 2.64. The number of nitrogens with zero attached hydrogens (tertiary/aromatic N) is 2. The Hall–Kier alpha value is -1.02. The van der Waals surface area contributed by atoms with Crippen molar-refractivity contribution < 1.29 is 0 Å². The Labute approximate surface area is 93.6 Å². The SMILES string of the molecule is C=C(/C(C)=C\C(C)=C/C)N1CCN(C)C1. The minimum atomic E-state index is 0.999. The van der Waals surface area contributed by atoms with Gasteiger partial charge in [0.25, 0.3) is 0 Å². The van der Waals surface area contributed by atoms with E-state index in [4.69, 9.17) is 0 Å². The van der Waals surface area contributed by atoms with Gasteiger partial charge in [-0.05, 0) is 33.4 Å². The summed E-state index contributed by atoms with van der Waals surface area (Å²) in [6.45, 7) is 13.7. The van der Waals surface area contributed by atoms with Crippen LogP contribution in [-0.2, 0) is 0 Å². The third kappa shape index (κ3) is 3.24. The third-order valence-corrected chi connectivity index (χ3v) is 2.90.